The second kappa shape index (κ2) is 8.44. The number of rotatable bonds is 7. The van der Waals surface area contributed by atoms with Crippen LogP contribution in [-0.4, -0.2) is 40.9 Å². The van der Waals surface area contributed by atoms with Gasteiger partial charge in [-0.05, 0) is 62.3 Å². The van der Waals surface area contributed by atoms with Crippen LogP contribution < -0.4 is 15.2 Å². The van der Waals surface area contributed by atoms with Crippen molar-refractivity contribution in [3.8, 4) is 23.3 Å². The molecule has 3 aromatic rings. The number of nitrogens with zero attached hydrogens (tertiary/aromatic N) is 3. The Morgan fingerprint density at radius 3 is 2.55 bits per heavy atom. The SMILES string of the molecule is O=c1oc(Oc2ccc(F)cc2F)nn1-c1ccc(OCCN2CCCC2)cc1. The molecule has 0 spiro atoms. The van der Waals surface area contributed by atoms with Crippen molar-refractivity contribution >= 4 is 0 Å². The molecule has 9 heteroatoms. The van der Waals surface area contributed by atoms with Crippen LogP contribution in [0.4, 0.5) is 8.78 Å². The van der Waals surface area contributed by atoms with Crippen molar-refractivity contribution < 1.29 is 22.7 Å². The minimum Gasteiger partial charge on any atom is -0.492 e. The molecule has 29 heavy (non-hydrogen) atoms. The number of likely N-dealkylation sites (tertiary alicyclic amines) is 1. The van der Waals surface area contributed by atoms with Crippen molar-refractivity contribution in [2.24, 2.45) is 0 Å². The lowest BCUT2D eigenvalue weighted by atomic mass is 10.3. The molecule has 152 valence electrons. The topological polar surface area (TPSA) is 69.7 Å². The van der Waals surface area contributed by atoms with Gasteiger partial charge in [0, 0.05) is 12.6 Å². The van der Waals surface area contributed by atoms with Crippen molar-refractivity contribution in [2.45, 2.75) is 12.8 Å². The fourth-order valence-corrected chi connectivity index (χ4v) is 3.10. The molecule has 0 aliphatic carbocycles. The quantitative estimate of drug-likeness (QED) is 0.603. The van der Waals surface area contributed by atoms with E-state index in [0.717, 1.165) is 36.4 Å². The predicted molar refractivity (Wildman–Crippen MR) is 99.7 cm³/mol. The zero-order chi connectivity index (χ0) is 20.2. The highest BCUT2D eigenvalue weighted by Gasteiger charge is 2.15. The van der Waals surface area contributed by atoms with Gasteiger partial charge in [-0.25, -0.2) is 13.6 Å². The van der Waals surface area contributed by atoms with E-state index in [9.17, 15) is 13.6 Å². The molecule has 1 aromatic heterocycles. The van der Waals surface area contributed by atoms with E-state index in [1.54, 1.807) is 24.3 Å². The summed E-state index contributed by atoms with van der Waals surface area (Å²) in [7, 11) is 0. The summed E-state index contributed by atoms with van der Waals surface area (Å²) >= 11 is 0. The maximum atomic E-state index is 13.7. The van der Waals surface area contributed by atoms with E-state index in [4.69, 9.17) is 13.9 Å². The van der Waals surface area contributed by atoms with E-state index in [1.165, 1.54) is 12.8 Å². The highest BCUT2D eigenvalue weighted by molar-refractivity contribution is 5.36. The molecule has 1 saturated heterocycles. The van der Waals surface area contributed by atoms with Crippen molar-refractivity contribution in [2.75, 3.05) is 26.2 Å². The standard InChI is InChI=1S/C20H19F2N3O4/c21-14-3-8-18(17(22)13-14)28-19-23-25(20(26)29-19)15-4-6-16(7-5-15)27-12-11-24-9-1-2-10-24/h3-8,13H,1-2,9-12H2. The van der Waals surface area contributed by atoms with Gasteiger partial charge in [0.1, 0.15) is 18.2 Å². The number of benzene rings is 2. The molecule has 0 bridgehead atoms. The minimum absolute atomic E-state index is 0.304. The van der Waals surface area contributed by atoms with Gasteiger partial charge < -0.3 is 13.9 Å². The Bertz CT molecular complexity index is 1030. The van der Waals surface area contributed by atoms with Gasteiger partial charge in [0.15, 0.2) is 11.6 Å². The fourth-order valence-electron chi connectivity index (χ4n) is 3.10. The second-order valence-electron chi connectivity index (χ2n) is 6.61. The van der Waals surface area contributed by atoms with Crippen LogP contribution in [0.1, 0.15) is 12.8 Å². The van der Waals surface area contributed by atoms with Crippen LogP contribution in [0.3, 0.4) is 0 Å². The Hall–Kier alpha value is -3.20. The number of halogens is 2. The van der Waals surface area contributed by atoms with Gasteiger partial charge in [-0.1, -0.05) is 5.10 Å². The Balaban J connectivity index is 1.41. The molecule has 1 aliphatic heterocycles. The van der Waals surface area contributed by atoms with Crippen molar-refractivity contribution in [1.82, 2.24) is 14.7 Å². The molecule has 0 atom stereocenters. The molecule has 0 unspecified atom stereocenters. The van der Waals surface area contributed by atoms with Gasteiger partial charge >= 0.3 is 11.8 Å². The third-order valence-electron chi connectivity index (χ3n) is 4.58. The first kappa shape index (κ1) is 19.1. The summed E-state index contributed by atoms with van der Waals surface area (Å²) in [5.41, 5.74) is 0.431. The lowest BCUT2D eigenvalue weighted by molar-refractivity contribution is 0.238. The van der Waals surface area contributed by atoms with Gasteiger partial charge in [0.05, 0.1) is 5.69 Å². The van der Waals surface area contributed by atoms with Gasteiger partial charge in [0.2, 0.25) is 0 Å². The molecule has 0 N–H and O–H groups in total. The molecular formula is C20H19F2N3O4. The molecule has 0 amide bonds. The van der Waals surface area contributed by atoms with Crippen LogP contribution in [0.2, 0.25) is 0 Å². The average molecular weight is 403 g/mol. The lowest BCUT2D eigenvalue weighted by Crippen LogP contribution is -2.25. The zero-order valence-corrected chi connectivity index (χ0v) is 15.5. The Labute approximate surface area is 165 Å². The summed E-state index contributed by atoms with van der Waals surface area (Å²) in [5, 5.41) is 3.89. The molecule has 1 fully saturated rings. The molecule has 1 aliphatic rings. The van der Waals surface area contributed by atoms with Crippen LogP contribution in [0.5, 0.6) is 17.6 Å². The number of aromatic nitrogens is 2. The number of hydrogen-bond acceptors (Lipinski definition) is 6. The van der Waals surface area contributed by atoms with E-state index in [-0.39, 0.29) is 5.75 Å². The van der Waals surface area contributed by atoms with Crippen LogP contribution in [-0.2, 0) is 0 Å². The maximum absolute atomic E-state index is 13.7. The summed E-state index contributed by atoms with van der Waals surface area (Å²) in [4.78, 5) is 14.4. The summed E-state index contributed by atoms with van der Waals surface area (Å²) < 4.78 is 43.3. The van der Waals surface area contributed by atoms with Crippen LogP contribution >= 0.6 is 0 Å². The molecule has 4 rings (SSSR count). The minimum atomic E-state index is -0.933. The summed E-state index contributed by atoms with van der Waals surface area (Å²) in [6.45, 7) is 3.70. The van der Waals surface area contributed by atoms with Crippen molar-refractivity contribution in [1.29, 1.82) is 0 Å². The third-order valence-corrected chi connectivity index (χ3v) is 4.58. The van der Waals surface area contributed by atoms with E-state index in [1.807, 2.05) is 0 Å². The zero-order valence-electron chi connectivity index (χ0n) is 15.5. The number of hydrogen-bond donors (Lipinski definition) is 0. The highest BCUT2D eigenvalue weighted by Crippen LogP contribution is 2.23. The Morgan fingerprint density at radius 1 is 1.07 bits per heavy atom. The van der Waals surface area contributed by atoms with Crippen molar-refractivity contribution in [3.63, 3.8) is 0 Å². The lowest BCUT2D eigenvalue weighted by Gasteiger charge is -2.14. The van der Waals surface area contributed by atoms with Crippen LogP contribution in [0.15, 0.2) is 51.7 Å². The number of ether oxygens (including phenoxy) is 2. The molecule has 7 nitrogen and oxygen atoms in total. The smallest absolute Gasteiger partial charge is 0.444 e. The summed E-state index contributed by atoms with van der Waals surface area (Å²) in [6, 6.07) is 9.51. The first-order valence-corrected chi connectivity index (χ1v) is 9.27. The Morgan fingerprint density at radius 2 is 1.83 bits per heavy atom. The second-order valence-corrected chi connectivity index (χ2v) is 6.61. The first-order chi connectivity index (χ1) is 14.1. The molecular weight excluding hydrogens is 384 g/mol. The van der Waals surface area contributed by atoms with E-state index in [0.29, 0.717) is 24.1 Å². The van der Waals surface area contributed by atoms with E-state index in [2.05, 4.69) is 10.00 Å². The third kappa shape index (κ3) is 4.62. The summed E-state index contributed by atoms with van der Waals surface area (Å²) in [6.07, 6.45) is 2.02. The van der Waals surface area contributed by atoms with E-state index >= 15 is 0 Å². The Kier molecular flexibility index (Phi) is 5.57. The van der Waals surface area contributed by atoms with Crippen molar-refractivity contribution in [3.05, 3.63) is 64.6 Å². The largest absolute Gasteiger partial charge is 0.492 e. The van der Waals surface area contributed by atoms with Crippen LogP contribution in [0.25, 0.3) is 5.69 Å². The normalized spacial score (nSPS) is 14.3. The first-order valence-electron chi connectivity index (χ1n) is 9.27. The monoisotopic (exact) mass is 403 g/mol. The van der Waals surface area contributed by atoms with E-state index < -0.39 is 23.5 Å². The molecule has 0 radical (unpaired) electrons. The molecule has 2 aromatic carbocycles. The molecule has 0 saturated carbocycles. The summed E-state index contributed by atoms with van der Waals surface area (Å²) in [5.74, 6) is -2.11. The van der Waals surface area contributed by atoms with Gasteiger partial charge in [-0.2, -0.15) is 4.68 Å². The maximum Gasteiger partial charge on any atom is 0.444 e. The highest BCUT2D eigenvalue weighted by atomic mass is 19.1. The predicted octanol–water partition coefficient (Wildman–Crippen LogP) is 3.37. The van der Waals surface area contributed by atoms with Gasteiger partial charge in [-0.3, -0.25) is 4.90 Å². The molecule has 2 heterocycles. The van der Waals surface area contributed by atoms with Gasteiger partial charge in [0.25, 0.3) is 0 Å². The average Bonchev–Trinajstić information content (AvgIpc) is 3.34. The fraction of sp³-hybridized carbons (Fsp3) is 0.300. The van der Waals surface area contributed by atoms with Gasteiger partial charge in [-0.15, -0.1) is 0 Å². The van der Waals surface area contributed by atoms with Crippen LogP contribution in [0, 0.1) is 11.6 Å².